The number of sulfonamides is 1. The average Bonchev–Trinajstić information content (AvgIpc) is 3.18. The van der Waals surface area contributed by atoms with Crippen LogP contribution >= 0.6 is 11.3 Å². The largest absolute Gasteiger partial charge is 0.476 e. The van der Waals surface area contributed by atoms with Crippen LogP contribution in [-0.4, -0.2) is 49.3 Å². The summed E-state index contributed by atoms with van der Waals surface area (Å²) in [6.07, 6.45) is -4.79. The number of nitrogens with one attached hydrogen (secondary N) is 1. The van der Waals surface area contributed by atoms with Gasteiger partial charge in [0.2, 0.25) is 15.0 Å². The van der Waals surface area contributed by atoms with E-state index in [0.29, 0.717) is 6.92 Å². The minimum Gasteiger partial charge on any atom is -0.476 e. The van der Waals surface area contributed by atoms with Gasteiger partial charge in [0.1, 0.15) is 6.04 Å². The summed E-state index contributed by atoms with van der Waals surface area (Å²) in [7, 11) is -4.58. The van der Waals surface area contributed by atoms with Crippen molar-refractivity contribution in [2.45, 2.75) is 31.0 Å². The number of carboxylic acids is 1. The first kappa shape index (κ1) is 24.6. The van der Waals surface area contributed by atoms with Gasteiger partial charge in [-0.25, -0.2) is 23.0 Å². The Bertz CT molecular complexity index is 1340. The van der Waals surface area contributed by atoms with Crippen molar-refractivity contribution < 1.29 is 41.0 Å². The second kappa shape index (κ2) is 9.08. The lowest BCUT2D eigenvalue weighted by Gasteiger charge is -2.18. The Morgan fingerprint density at radius 3 is 2.39 bits per heavy atom. The van der Waals surface area contributed by atoms with Gasteiger partial charge in [0.15, 0.2) is 5.69 Å². The first-order valence-corrected chi connectivity index (χ1v) is 11.7. The van der Waals surface area contributed by atoms with E-state index in [1.807, 2.05) is 0 Å². The second-order valence-corrected chi connectivity index (χ2v) is 9.45. The van der Waals surface area contributed by atoms with E-state index in [-0.39, 0.29) is 32.8 Å². The van der Waals surface area contributed by atoms with Crippen molar-refractivity contribution in [2.24, 2.45) is 0 Å². The highest BCUT2D eigenvalue weighted by Crippen LogP contribution is 2.38. The maximum atomic E-state index is 12.9. The van der Waals surface area contributed by atoms with E-state index in [2.05, 4.69) is 4.98 Å². The van der Waals surface area contributed by atoms with E-state index in [4.69, 9.17) is 4.74 Å². The molecule has 3 rings (SSSR count). The number of aromatic nitrogens is 1. The topological polar surface area (TPSA) is 123 Å². The molecule has 0 unspecified atom stereocenters. The van der Waals surface area contributed by atoms with Crippen LogP contribution in [0.2, 0.25) is 0 Å². The number of halogens is 3. The molecule has 0 saturated carbocycles. The molecule has 0 aliphatic carbocycles. The molecule has 3 aromatic rings. The van der Waals surface area contributed by atoms with Gasteiger partial charge in [0.25, 0.3) is 0 Å². The summed E-state index contributed by atoms with van der Waals surface area (Å²) in [5, 5.41) is 9.68. The van der Waals surface area contributed by atoms with Crippen molar-refractivity contribution >= 4 is 44.1 Å². The molecule has 13 heteroatoms. The number of carbonyl (C=O) groups is 2. The Balaban J connectivity index is 2.20. The van der Waals surface area contributed by atoms with E-state index in [1.54, 1.807) is 17.7 Å². The van der Waals surface area contributed by atoms with Crippen molar-refractivity contribution in [2.75, 3.05) is 6.61 Å². The van der Waals surface area contributed by atoms with Gasteiger partial charge in [-0.15, -0.1) is 11.3 Å². The third-order valence-corrected chi connectivity index (χ3v) is 7.19. The van der Waals surface area contributed by atoms with Gasteiger partial charge in [-0.1, -0.05) is 30.3 Å². The van der Waals surface area contributed by atoms with Crippen molar-refractivity contribution in [3.05, 3.63) is 47.1 Å². The fourth-order valence-corrected chi connectivity index (χ4v) is 5.43. The second-order valence-electron chi connectivity index (χ2n) is 6.76. The first-order valence-electron chi connectivity index (χ1n) is 9.39. The molecule has 0 bridgehead atoms. The van der Waals surface area contributed by atoms with Gasteiger partial charge >= 0.3 is 18.1 Å². The summed E-state index contributed by atoms with van der Waals surface area (Å²) < 4.78 is 70.6. The van der Waals surface area contributed by atoms with Gasteiger partial charge < -0.3 is 9.84 Å². The Hall–Kier alpha value is -3.03. The maximum Gasteiger partial charge on any atom is 0.404 e. The van der Waals surface area contributed by atoms with Crippen LogP contribution < -0.4 is 4.72 Å². The predicted molar refractivity (Wildman–Crippen MR) is 114 cm³/mol. The average molecular weight is 502 g/mol. The Labute approximate surface area is 190 Å². The summed E-state index contributed by atoms with van der Waals surface area (Å²) in [4.78, 5) is 27.3. The number of carbonyl (C=O) groups excluding carboxylic acids is 1. The van der Waals surface area contributed by atoms with Gasteiger partial charge in [0, 0.05) is 10.9 Å². The number of ether oxygens (including phenoxy) is 1. The molecule has 1 atom stereocenters. The van der Waals surface area contributed by atoms with Gasteiger partial charge in [-0.3, -0.25) is 0 Å². The molecule has 33 heavy (non-hydrogen) atoms. The normalized spacial score (nSPS) is 13.1. The minimum atomic E-state index is -4.79. The standard InChI is InChI=1S/C20H17F3N2O6S2/c1-3-31-19(28)17-24-15(18(26)27)16(32-17)13-8-9-14(12-7-5-4-6-11(12)13)33(29,30)25-10(2)20(21,22)23/h4-10,25H,3H2,1-2H3,(H,26,27)/t10-/m0/s1. The van der Waals surface area contributed by atoms with Gasteiger partial charge in [-0.05, 0) is 25.3 Å². The van der Waals surface area contributed by atoms with E-state index >= 15 is 0 Å². The number of hydrogen-bond acceptors (Lipinski definition) is 7. The Morgan fingerprint density at radius 2 is 1.82 bits per heavy atom. The molecule has 2 N–H and O–H groups in total. The molecule has 2 aromatic carbocycles. The number of hydrogen-bond donors (Lipinski definition) is 2. The molecule has 0 fully saturated rings. The molecule has 0 aliphatic rings. The SMILES string of the molecule is CCOC(=O)c1nc(C(=O)O)c(-c2ccc(S(=O)(=O)N[C@@H](C)C(F)(F)F)c3ccccc23)s1. The molecule has 1 heterocycles. The van der Waals surface area contributed by atoms with Crippen molar-refractivity contribution in [1.29, 1.82) is 0 Å². The summed E-state index contributed by atoms with van der Waals surface area (Å²) in [6.45, 7) is 2.31. The van der Waals surface area contributed by atoms with E-state index in [9.17, 15) is 36.3 Å². The Morgan fingerprint density at radius 1 is 1.18 bits per heavy atom. The maximum absolute atomic E-state index is 12.9. The highest BCUT2D eigenvalue weighted by atomic mass is 32.2. The lowest BCUT2D eigenvalue weighted by molar-refractivity contribution is -0.147. The number of rotatable bonds is 7. The zero-order valence-corrected chi connectivity index (χ0v) is 18.8. The van der Waals surface area contributed by atoms with Crippen LogP contribution in [0.4, 0.5) is 13.2 Å². The minimum absolute atomic E-state index is 0.0506. The molecule has 1 aromatic heterocycles. The van der Waals surface area contributed by atoms with Crippen molar-refractivity contribution in [1.82, 2.24) is 9.71 Å². The van der Waals surface area contributed by atoms with E-state index in [0.717, 1.165) is 17.4 Å². The predicted octanol–water partition coefficient (Wildman–Crippen LogP) is 4.07. The highest BCUT2D eigenvalue weighted by molar-refractivity contribution is 7.89. The zero-order chi connectivity index (χ0) is 24.6. The van der Waals surface area contributed by atoms with Crippen LogP contribution in [-0.2, 0) is 14.8 Å². The van der Waals surface area contributed by atoms with E-state index < -0.39 is 44.8 Å². The molecule has 8 nitrogen and oxygen atoms in total. The highest BCUT2D eigenvalue weighted by Gasteiger charge is 2.39. The van der Waals surface area contributed by atoms with Crippen LogP contribution in [0.25, 0.3) is 21.2 Å². The Kier molecular flexibility index (Phi) is 6.77. The number of alkyl halides is 3. The summed E-state index contributed by atoms with van der Waals surface area (Å²) >= 11 is 0.751. The number of nitrogens with zero attached hydrogens (tertiary/aromatic N) is 1. The number of thiazole rings is 1. The first-order chi connectivity index (χ1) is 15.4. The number of esters is 1. The molecule has 0 saturated heterocycles. The zero-order valence-electron chi connectivity index (χ0n) is 17.1. The number of fused-ring (bicyclic) bond motifs is 1. The molecular formula is C20H17F3N2O6S2. The summed E-state index contributed by atoms with van der Waals surface area (Å²) in [6, 6.07) is 5.96. The van der Waals surface area contributed by atoms with Gasteiger partial charge in [0.05, 0.1) is 16.4 Å². The lowest BCUT2D eigenvalue weighted by Crippen LogP contribution is -2.43. The summed E-state index contributed by atoms with van der Waals surface area (Å²) in [5.74, 6) is -2.23. The van der Waals surface area contributed by atoms with Crippen LogP contribution in [0.5, 0.6) is 0 Å². The quantitative estimate of drug-likeness (QED) is 0.467. The molecule has 0 aliphatic heterocycles. The third kappa shape index (κ3) is 4.99. The van der Waals surface area contributed by atoms with Gasteiger partial charge in [-0.2, -0.15) is 17.9 Å². The van der Waals surface area contributed by atoms with Crippen LogP contribution in [0, 0.1) is 0 Å². The number of benzene rings is 2. The molecule has 0 amide bonds. The van der Waals surface area contributed by atoms with Crippen LogP contribution in [0.3, 0.4) is 0 Å². The summed E-state index contributed by atoms with van der Waals surface area (Å²) in [5.41, 5.74) is -0.188. The molecule has 0 spiro atoms. The fraction of sp³-hybridized carbons (Fsp3) is 0.250. The van der Waals surface area contributed by atoms with Crippen molar-refractivity contribution in [3.63, 3.8) is 0 Å². The lowest BCUT2D eigenvalue weighted by atomic mass is 10.0. The molecular weight excluding hydrogens is 485 g/mol. The monoisotopic (exact) mass is 502 g/mol. The van der Waals surface area contributed by atoms with E-state index in [1.165, 1.54) is 24.3 Å². The third-order valence-electron chi connectivity index (χ3n) is 4.52. The smallest absolute Gasteiger partial charge is 0.404 e. The fourth-order valence-electron chi connectivity index (χ4n) is 2.99. The molecule has 0 radical (unpaired) electrons. The van der Waals surface area contributed by atoms with Crippen molar-refractivity contribution in [3.8, 4) is 10.4 Å². The number of aromatic carboxylic acids is 1. The van der Waals surface area contributed by atoms with Crippen LogP contribution in [0.1, 0.15) is 34.1 Å². The number of carboxylic acid groups (broad SMARTS) is 1. The molecule has 176 valence electrons. The van der Waals surface area contributed by atoms with Crippen LogP contribution in [0.15, 0.2) is 41.3 Å².